The number of hydrogen-bond donors (Lipinski definition) is 3. The number of carbonyl (C=O) groups excluding carboxylic acids is 1. The molecule has 3 rings (SSSR count). The van der Waals surface area contributed by atoms with Gasteiger partial charge in [0, 0.05) is 23.9 Å². The molecule has 1 saturated carbocycles. The van der Waals surface area contributed by atoms with Gasteiger partial charge in [0.1, 0.15) is 6.33 Å². The minimum atomic E-state index is -0.0320. The van der Waals surface area contributed by atoms with Crippen LogP contribution >= 0.6 is 36.6 Å². The van der Waals surface area contributed by atoms with Gasteiger partial charge in [0.05, 0.1) is 0 Å². The van der Waals surface area contributed by atoms with Crippen molar-refractivity contribution >= 4 is 42.5 Å². The van der Waals surface area contributed by atoms with Gasteiger partial charge in [-0.15, -0.1) is 24.8 Å². The van der Waals surface area contributed by atoms with E-state index in [9.17, 15) is 4.79 Å². The summed E-state index contributed by atoms with van der Waals surface area (Å²) in [6.07, 6.45) is 7.62. The van der Waals surface area contributed by atoms with Crippen LogP contribution in [0.25, 0.3) is 0 Å². The Balaban J connectivity index is 0.00000182. The first-order valence-electron chi connectivity index (χ1n) is 8.84. The normalized spacial score (nSPS) is 15.3. The number of hydrogen-bond acceptors (Lipinski definition) is 5. The van der Waals surface area contributed by atoms with Gasteiger partial charge in [-0.3, -0.25) is 9.89 Å². The summed E-state index contributed by atoms with van der Waals surface area (Å²) in [6, 6.07) is 7.79. The van der Waals surface area contributed by atoms with E-state index in [2.05, 4.69) is 20.5 Å². The van der Waals surface area contributed by atoms with Crippen LogP contribution in [0.15, 0.2) is 35.7 Å². The Morgan fingerprint density at radius 2 is 1.93 bits per heavy atom. The summed E-state index contributed by atoms with van der Waals surface area (Å²) in [5.74, 6) is 1.26. The van der Waals surface area contributed by atoms with Crippen LogP contribution in [0.3, 0.4) is 0 Å². The quantitative estimate of drug-likeness (QED) is 0.581. The number of carbonyl (C=O) groups is 1. The molecule has 2 aromatic rings. The summed E-state index contributed by atoms with van der Waals surface area (Å²) in [4.78, 5) is 16.6. The van der Waals surface area contributed by atoms with Crippen molar-refractivity contribution in [2.24, 2.45) is 11.7 Å². The third kappa shape index (κ3) is 6.99. The molecule has 9 heteroatoms. The van der Waals surface area contributed by atoms with Gasteiger partial charge < -0.3 is 11.1 Å². The van der Waals surface area contributed by atoms with Crippen molar-refractivity contribution in [2.45, 2.75) is 49.1 Å². The fourth-order valence-electron chi connectivity index (χ4n) is 3.33. The van der Waals surface area contributed by atoms with Gasteiger partial charge in [-0.05, 0) is 36.5 Å². The molecule has 1 aliphatic rings. The van der Waals surface area contributed by atoms with E-state index in [4.69, 9.17) is 5.73 Å². The molecule has 0 aliphatic heterocycles. The van der Waals surface area contributed by atoms with E-state index in [0.717, 1.165) is 16.5 Å². The molecule has 4 N–H and O–H groups in total. The van der Waals surface area contributed by atoms with E-state index in [0.29, 0.717) is 18.0 Å². The molecule has 150 valence electrons. The highest BCUT2D eigenvalue weighted by molar-refractivity contribution is 7.98. The number of amides is 1. The predicted octanol–water partition coefficient (Wildman–Crippen LogP) is 3.58. The number of H-pyrrole nitrogens is 1. The molecule has 1 fully saturated rings. The molecule has 27 heavy (non-hydrogen) atoms. The maximum absolute atomic E-state index is 12.5. The summed E-state index contributed by atoms with van der Waals surface area (Å²) in [7, 11) is 0. The molecule has 6 nitrogen and oxygen atoms in total. The maximum Gasteiger partial charge on any atom is 0.251 e. The Kier molecular flexibility index (Phi) is 10.8. The summed E-state index contributed by atoms with van der Waals surface area (Å²) in [5, 5.41) is 10.6. The minimum absolute atomic E-state index is 0. The van der Waals surface area contributed by atoms with Gasteiger partial charge in [-0.2, -0.15) is 5.10 Å². The van der Waals surface area contributed by atoms with E-state index in [-0.39, 0.29) is 36.8 Å². The van der Waals surface area contributed by atoms with Crippen molar-refractivity contribution in [1.29, 1.82) is 0 Å². The van der Waals surface area contributed by atoms with Crippen molar-refractivity contribution in [3.63, 3.8) is 0 Å². The minimum Gasteiger partial charge on any atom is -0.348 e. The number of nitrogens with one attached hydrogen (secondary N) is 2. The van der Waals surface area contributed by atoms with Crippen LogP contribution in [0.4, 0.5) is 0 Å². The molecule has 0 bridgehead atoms. The molecule has 0 saturated heterocycles. The van der Waals surface area contributed by atoms with Crippen LogP contribution in [0, 0.1) is 5.92 Å². The first kappa shape index (κ1) is 23.8. The fraction of sp³-hybridized carbons (Fsp3) is 0.500. The number of thioether (sulfide) groups is 1. The van der Waals surface area contributed by atoms with E-state index >= 15 is 0 Å². The predicted molar refractivity (Wildman–Crippen MR) is 114 cm³/mol. The molecule has 1 unspecified atom stereocenters. The molecule has 1 amide bonds. The lowest BCUT2D eigenvalue weighted by molar-refractivity contribution is 0.0915. The number of nitrogens with zero attached hydrogens (tertiary/aromatic N) is 2. The lowest BCUT2D eigenvalue weighted by Crippen LogP contribution is -2.45. The zero-order chi connectivity index (χ0) is 17.5. The number of rotatable bonds is 7. The standard InChI is InChI=1S/C18H25N5OS.2ClH/c19-10-16(14-4-2-1-3-5-14)22-17(24)15-8-6-13(7-9-15)11-25-18-20-12-21-23-18;;/h6-9,12,14,16H,1-5,10-11,19H2,(H,22,24)(H,20,21,23);2*1H. The van der Waals surface area contributed by atoms with E-state index in [1.54, 1.807) is 11.8 Å². The first-order chi connectivity index (χ1) is 12.3. The van der Waals surface area contributed by atoms with E-state index < -0.39 is 0 Å². The molecule has 1 heterocycles. The molecule has 1 aromatic carbocycles. The van der Waals surface area contributed by atoms with Crippen LogP contribution in [0.5, 0.6) is 0 Å². The average molecular weight is 432 g/mol. The number of aromatic nitrogens is 3. The van der Waals surface area contributed by atoms with Crippen molar-refractivity contribution < 1.29 is 4.79 Å². The maximum atomic E-state index is 12.5. The van der Waals surface area contributed by atoms with Crippen LogP contribution < -0.4 is 11.1 Å². The Morgan fingerprint density at radius 3 is 2.52 bits per heavy atom. The largest absolute Gasteiger partial charge is 0.348 e. The van der Waals surface area contributed by atoms with Gasteiger partial charge in [0.2, 0.25) is 0 Å². The van der Waals surface area contributed by atoms with Gasteiger partial charge in [0.25, 0.3) is 5.91 Å². The summed E-state index contributed by atoms with van der Waals surface area (Å²) >= 11 is 1.58. The molecule has 1 atom stereocenters. The van der Waals surface area contributed by atoms with Crippen LogP contribution in [-0.2, 0) is 5.75 Å². The van der Waals surface area contributed by atoms with Crippen molar-refractivity contribution in [3.8, 4) is 0 Å². The lowest BCUT2D eigenvalue weighted by atomic mass is 9.84. The van der Waals surface area contributed by atoms with Crippen LogP contribution in [0.2, 0.25) is 0 Å². The summed E-state index contributed by atoms with van der Waals surface area (Å²) in [5.41, 5.74) is 7.73. The highest BCUT2D eigenvalue weighted by Crippen LogP contribution is 2.26. The molecule has 1 aromatic heterocycles. The monoisotopic (exact) mass is 431 g/mol. The van der Waals surface area contributed by atoms with Crippen molar-refractivity contribution in [3.05, 3.63) is 41.7 Å². The second kappa shape index (κ2) is 12.2. The third-order valence-electron chi connectivity index (χ3n) is 4.77. The van der Waals surface area contributed by atoms with Gasteiger partial charge in [-0.1, -0.05) is 43.2 Å². The first-order valence-corrected chi connectivity index (χ1v) is 9.83. The topological polar surface area (TPSA) is 96.7 Å². The second-order valence-corrected chi connectivity index (χ2v) is 7.45. The molecule has 1 aliphatic carbocycles. The molecule has 0 spiro atoms. The Morgan fingerprint density at radius 1 is 1.22 bits per heavy atom. The number of nitrogens with two attached hydrogens (primary N) is 1. The second-order valence-electron chi connectivity index (χ2n) is 6.49. The SMILES string of the molecule is Cl.Cl.NCC(NC(=O)c1ccc(CSc2ncn[nH]2)cc1)C1CCCCC1. The molecular formula is C18H27Cl2N5OS. The lowest BCUT2D eigenvalue weighted by Gasteiger charge is -2.30. The third-order valence-corrected chi connectivity index (χ3v) is 5.72. The highest BCUT2D eigenvalue weighted by Gasteiger charge is 2.24. The number of halogens is 2. The zero-order valence-corrected chi connectivity index (χ0v) is 17.5. The number of aromatic amines is 1. The number of benzene rings is 1. The molecular weight excluding hydrogens is 405 g/mol. The van der Waals surface area contributed by atoms with E-state index in [1.807, 2.05) is 24.3 Å². The fourth-order valence-corrected chi connectivity index (χ4v) is 4.06. The van der Waals surface area contributed by atoms with Crippen molar-refractivity contribution in [2.75, 3.05) is 6.54 Å². The van der Waals surface area contributed by atoms with Crippen molar-refractivity contribution in [1.82, 2.24) is 20.5 Å². The van der Waals surface area contributed by atoms with Gasteiger partial charge in [0.15, 0.2) is 5.16 Å². The zero-order valence-electron chi connectivity index (χ0n) is 15.1. The summed E-state index contributed by atoms with van der Waals surface area (Å²) in [6.45, 7) is 0.502. The van der Waals surface area contributed by atoms with Crippen LogP contribution in [0.1, 0.15) is 48.0 Å². The van der Waals surface area contributed by atoms with Crippen LogP contribution in [-0.4, -0.2) is 33.7 Å². The van der Waals surface area contributed by atoms with E-state index in [1.165, 1.54) is 38.4 Å². The smallest absolute Gasteiger partial charge is 0.251 e. The Bertz CT molecular complexity index is 663. The average Bonchev–Trinajstić information content (AvgIpc) is 3.19. The Hall–Kier alpha value is -1.28. The van der Waals surface area contributed by atoms with Gasteiger partial charge >= 0.3 is 0 Å². The molecule has 0 radical (unpaired) electrons. The van der Waals surface area contributed by atoms with Gasteiger partial charge in [-0.25, -0.2) is 4.98 Å². The Labute approximate surface area is 176 Å². The summed E-state index contributed by atoms with van der Waals surface area (Å²) < 4.78 is 0. The highest BCUT2D eigenvalue weighted by atomic mass is 35.5.